The van der Waals surface area contributed by atoms with Gasteiger partial charge in [-0.2, -0.15) is 5.26 Å². The first-order valence-electron chi connectivity index (χ1n) is 7.16. The van der Waals surface area contributed by atoms with Crippen LogP contribution in [0.3, 0.4) is 0 Å². The van der Waals surface area contributed by atoms with Crippen molar-refractivity contribution in [2.45, 2.75) is 13.0 Å². The minimum atomic E-state index is -0.766. The van der Waals surface area contributed by atoms with Crippen molar-refractivity contribution < 1.29 is 14.6 Å². The topological polar surface area (TPSA) is 82.3 Å². The van der Waals surface area contributed by atoms with Crippen LogP contribution < -0.4 is 10.1 Å². The van der Waals surface area contributed by atoms with Gasteiger partial charge >= 0.3 is 0 Å². The third kappa shape index (κ3) is 4.09. The van der Waals surface area contributed by atoms with Gasteiger partial charge in [0.15, 0.2) is 5.78 Å². The number of anilines is 1. The van der Waals surface area contributed by atoms with E-state index in [2.05, 4.69) is 11.4 Å². The van der Waals surface area contributed by atoms with Crippen molar-refractivity contribution in [2.24, 2.45) is 0 Å². The average molecular weight is 310 g/mol. The predicted molar refractivity (Wildman–Crippen MR) is 87.6 cm³/mol. The molecule has 0 fully saturated rings. The molecule has 5 heteroatoms. The van der Waals surface area contributed by atoms with E-state index in [-0.39, 0.29) is 12.3 Å². The summed E-state index contributed by atoms with van der Waals surface area (Å²) in [6.07, 6.45) is -0.766. The Kier molecular flexibility index (Phi) is 5.34. The molecule has 0 aliphatic rings. The van der Waals surface area contributed by atoms with Gasteiger partial charge in [0.25, 0.3) is 0 Å². The summed E-state index contributed by atoms with van der Waals surface area (Å²) in [4.78, 5) is 11.5. The highest BCUT2D eigenvalue weighted by Gasteiger charge is 2.11. The molecule has 0 aliphatic carbocycles. The molecule has 5 nitrogen and oxygen atoms in total. The zero-order valence-corrected chi connectivity index (χ0v) is 13.0. The number of carbonyl (C=O) groups is 1. The van der Waals surface area contributed by atoms with Crippen LogP contribution in [0.1, 0.15) is 34.5 Å². The molecule has 0 heterocycles. The molecule has 0 aliphatic heterocycles. The van der Waals surface area contributed by atoms with Crippen LogP contribution in [0, 0.1) is 11.3 Å². The summed E-state index contributed by atoms with van der Waals surface area (Å²) < 4.78 is 5.13. The van der Waals surface area contributed by atoms with Gasteiger partial charge in [0.2, 0.25) is 0 Å². The van der Waals surface area contributed by atoms with Crippen molar-refractivity contribution in [3.63, 3.8) is 0 Å². The number of ketones is 1. The molecule has 1 unspecified atom stereocenters. The van der Waals surface area contributed by atoms with E-state index in [0.717, 1.165) is 0 Å². The fourth-order valence-corrected chi connectivity index (χ4v) is 2.18. The minimum absolute atomic E-state index is 0.0779. The molecular weight excluding hydrogens is 292 g/mol. The minimum Gasteiger partial charge on any atom is -0.497 e. The molecule has 0 bridgehead atoms. The third-order valence-corrected chi connectivity index (χ3v) is 3.51. The molecule has 0 spiro atoms. The second-order valence-electron chi connectivity index (χ2n) is 5.10. The van der Waals surface area contributed by atoms with Gasteiger partial charge in [-0.15, -0.1) is 0 Å². The van der Waals surface area contributed by atoms with Crippen LogP contribution >= 0.6 is 0 Å². The van der Waals surface area contributed by atoms with E-state index in [0.29, 0.717) is 28.1 Å². The fourth-order valence-electron chi connectivity index (χ4n) is 2.18. The Morgan fingerprint density at radius 3 is 2.78 bits per heavy atom. The first kappa shape index (κ1) is 16.5. The molecule has 2 N–H and O–H groups in total. The highest BCUT2D eigenvalue weighted by molar-refractivity contribution is 5.95. The Labute approximate surface area is 135 Å². The van der Waals surface area contributed by atoms with Crippen LogP contribution in [-0.2, 0) is 0 Å². The van der Waals surface area contributed by atoms with Crippen LogP contribution in [0.4, 0.5) is 5.69 Å². The second kappa shape index (κ2) is 7.43. The number of carbonyl (C=O) groups excluding carboxylic acids is 1. The van der Waals surface area contributed by atoms with E-state index in [4.69, 9.17) is 10.00 Å². The van der Waals surface area contributed by atoms with Crippen LogP contribution in [0.2, 0.25) is 0 Å². The van der Waals surface area contributed by atoms with Crippen molar-refractivity contribution in [1.82, 2.24) is 0 Å². The van der Waals surface area contributed by atoms with Crippen molar-refractivity contribution in [2.75, 3.05) is 19.0 Å². The third-order valence-electron chi connectivity index (χ3n) is 3.51. The number of Topliss-reactive ketones (excluding diaryl/α,β-unsaturated/α-hetero) is 1. The smallest absolute Gasteiger partial charge is 0.159 e. The van der Waals surface area contributed by atoms with E-state index < -0.39 is 6.10 Å². The zero-order chi connectivity index (χ0) is 16.8. The van der Waals surface area contributed by atoms with Crippen molar-refractivity contribution in [3.8, 4) is 11.8 Å². The van der Waals surface area contributed by atoms with E-state index in [1.807, 2.05) is 0 Å². The highest BCUT2D eigenvalue weighted by Crippen LogP contribution is 2.22. The average Bonchev–Trinajstić information content (AvgIpc) is 2.59. The monoisotopic (exact) mass is 310 g/mol. The van der Waals surface area contributed by atoms with Crippen molar-refractivity contribution in [1.29, 1.82) is 5.26 Å². The number of ether oxygens (including phenoxy) is 1. The zero-order valence-electron chi connectivity index (χ0n) is 13.0. The molecule has 2 aromatic rings. The lowest BCUT2D eigenvalue weighted by molar-refractivity contribution is 0.101. The van der Waals surface area contributed by atoms with E-state index in [1.165, 1.54) is 6.92 Å². The van der Waals surface area contributed by atoms with Gasteiger partial charge in [0, 0.05) is 12.1 Å². The number of methoxy groups -OCH3 is 1. The number of rotatable bonds is 6. The Bertz CT molecular complexity index is 750. The lowest BCUT2D eigenvalue weighted by Crippen LogP contribution is -2.13. The number of hydrogen-bond donors (Lipinski definition) is 2. The van der Waals surface area contributed by atoms with Crippen LogP contribution in [-0.4, -0.2) is 24.5 Å². The number of aliphatic hydroxyl groups excluding tert-OH is 1. The van der Waals surface area contributed by atoms with Crippen molar-refractivity contribution in [3.05, 3.63) is 59.2 Å². The molecule has 0 amide bonds. The summed E-state index contributed by atoms with van der Waals surface area (Å²) in [6.45, 7) is 1.68. The van der Waals surface area contributed by atoms with Gasteiger partial charge in [-0.05, 0) is 42.8 Å². The van der Waals surface area contributed by atoms with E-state index in [1.54, 1.807) is 49.6 Å². The van der Waals surface area contributed by atoms with Gasteiger partial charge in [-0.1, -0.05) is 12.1 Å². The lowest BCUT2D eigenvalue weighted by Gasteiger charge is -2.15. The van der Waals surface area contributed by atoms with E-state index in [9.17, 15) is 9.90 Å². The maximum atomic E-state index is 11.5. The molecule has 118 valence electrons. The van der Waals surface area contributed by atoms with Gasteiger partial charge in [-0.25, -0.2) is 0 Å². The quantitative estimate of drug-likeness (QED) is 0.802. The van der Waals surface area contributed by atoms with E-state index >= 15 is 0 Å². The fraction of sp³-hybridized carbons (Fsp3) is 0.222. The molecule has 0 saturated carbocycles. The molecule has 1 atom stereocenters. The molecule has 2 rings (SSSR count). The standard InChI is InChI=1S/C18H18N2O3/c1-12(21)13-6-7-15(10-19)17(9-13)20-11-18(22)14-4-3-5-16(8-14)23-2/h3-9,18,20,22H,11H2,1-2H3. The number of aliphatic hydroxyl groups is 1. The number of hydrogen-bond acceptors (Lipinski definition) is 5. The lowest BCUT2D eigenvalue weighted by atomic mass is 10.1. The molecule has 0 radical (unpaired) electrons. The summed E-state index contributed by atoms with van der Waals surface area (Å²) in [5.41, 5.74) is 2.18. The Balaban J connectivity index is 2.14. The summed E-state index contributed by atoms with van der Waals surface area (Å²) in [5.74, 6) is 0.587. The predicted octanol–water partition coefficient (Wildman–Crippen LogP) is 2.91. The number of nitriles is 1. The summed E-state index contributed by atoms with van der Waals surface area (Å²) in [5, 5.41) is 22.5. The first-order valence-corrected chi connectivity index (χ1v) is 7.16. The Morgan fingerprint density at radius 2 is 2.13 bits per heavy atom. The molecular formula is C18H18N2O3. The van der Waals surface area contributed by atoms with Gasteiger partial charge in [-0.3, -0.25) is 4.79 Å². The van der Waals surface area contributed by atoms with Crippen LogP contribution in [0.25, 0.3) is 0 Å². The Morgan fingerprint density at radius 1 is 1.35 bits per heavy atom. The van der Waals surface area contributed by atoms with Crippen LogP contribution in [0.15, 0.2) is 42.5 Å². The van der Waals surface area contributed by atoms with Crippen molar-refractivity contribution >= 4 is 11.5 Å². The maximum Gasteiger partial charge on any atom is 0.159 e. The largest absolute Gasteiger partial charge is 0.497 e. The Hall–Kier alpha value is -2.84. The maximum absolute atomic E-state index is 11.5. The number of nitrogens with zero attached hydrogens (tertiary/aromatic N) is 1. The first-order chi connectivity index (χ1) is 11.0. The van der Waals surface area contributed by atoms with Crippen LogP contribution in [0.5, 0.6) is 5.75 Å². The number of nitrogens with one attached hydrogen (secondary N) is 1. The molecule has 0 saturated heterocycles. The van der Waals surface area contributed by atoms with Gasteiger partial charge in [0.05, 0.1) is 24.5 Å². The summed E-state index contributed by atoms with van der Waals surface area (Å²) in [7, 11) is 1.57. The van der Waals surface area contributed by atoms with Gasteiger partial charge < -0.3 is 15.2 Å². The summed E-state index contributed by atoms with van der Waals surface area (Å²) in [6, 6.07) is 14.1. The molecule has 2 aromatic carbocycles. The second-order valence-corrected chi connectivity index (χ2v) is 5.10. The summed E-state index contributed by atoms with van der Waals surface area (Å²) >= 11 is 0. The molecule has 0 aromatic heterocycles. The number of benzene rings is 2. The SMILES string of the molecule is COc1cccc(C(O)CNc2cc(C(C)=O)ccc2C#N)c1. The normalized spacial score (nSPS) is 11.4. The molecule has 23 heavy (non-hydrogen) atoms. The van der Waals surface area contributed by atoms with Gasteiger partial charge in [0.1, 0.15) is 11.8 Å². The highest BCUT2D eigenvalue weighted by atomic mass is 16.5.